The van der Waals surface area contributed by atoms with Crippen LogP contribution in [0, 0.1) is 0 Å². The van der Waals surface area contributed by atoms with Crippen LogP contribution < -0.4 is 10.4 Å². The van der Waals surface area contributed by atoms with Crippen LogP contribution in [0.1, 0.15) is 49.3 Å². The summed E-state index contributed by atoms with van der Waals surface area (Å²) in [5, 5.41) is 0.674. The number of para-hydroxylation sites is 1. The normalized spacial score (nSPS) is 18.1. The summed E-state index contributed by atoms with van der Waals surface area (Å²) in [5.41, 5.74) is 2.32. The second-order valence-electron chi connectivity index (χ2n) is 7.22. The summed E-state index contributed by atoms with van der Waals surface area (Å²) in [4.78, 5) is 25.5. The molecule has 0 radical (unpaired) electrons. The number of esters is 1. The predicted molar refractivity (Wildman–Crippen MR) is 106 cm³/mol. The van der Waals surface area contributed by atoms with Gasteiger partial charge in [0.1, 0.15) is 11.3 Å². The van der Waals surface area contributed by atoms with E-state index in [4.69, 9.17) is 13.9 Å². The van der Waals surface area contributed by atoms with Gasteiger partial charge in [-0.3, -0.25) is 0 Å². The maximum atomic E-state index is 12.8. The van der Waals surface area contributed by atoms with Crippen molar-refractivity contribution in [2.45, 2.75) is 38.7 Å². The Bertz CT molecular complexity index is 1080. The SMILES string of the molecule is CCOC(=O)[C@H]1Oc2c(c(=O)oc3ccccc23)[C@@H]1c1ccc(C(C)C)cc1. The van der Waals surface area contributed by atoms with E-state index < -0.39 is 23.6 Å². The molecule has 144 valence electrons. The zero-order valence-corrected chi connectivity index (χ0v) is 16.1. The average Bonchev–Trinajstić information content (AvgIpc) is 3.10. The standard InChI is InChI=1S/C23H22O5/c1-4-26-23(25)21-18(15-11-9-14(10-12-15)13(2)3)19-20(28-21)16-7-5-6-8-17(16)27-22(19)24/h5-13,18,21H,4H2,1-3H3/t18-,21-/m0/s1. The number of hydrogen-bond donors (Lipinski definition) is 0. The van der Waals surface area contributed by atoms with Crippen LogP contribution in [0.5, 0.6) is 5.75 Å². The van der Waals surface area contributed by atoms with Crippen LogP contribution in [0.2, 0.25) is 0 Å². The first kappa shape index (κ1) is 18.3. The molecule has 0 aliphatic carbocycles. The van der Waals surface area contributed by atoms with E-state index in [1.807, 2.05) is 36.4 Å². The Morgan fingerprint density at radius 3 is 2.50 bits per heavy atom. The molecule has 2 heterocycles. The van der Waals surface area contributed by atoms with Crippen molar-refractivity contribution in [2.24, 2.45) is 0 Å². The van der Waals surface area contributed by atoms with Crippen LogP contribution in [0.3, 0.4) is 0 Å². The summed E-state index contributed by atoms with van der Waals surface area (Å²) in [6, 6.07) is 15.1. The molecule has 0 fully saturated rings. The fraction of sp³-hybridized carbons (Fsp3) is 0.304. The quantitative estimate of drug-likeness (QED) is 0.498. The summed E-state index contributed by atoms with van der Waals surface area (Å²) in [6.07, 6.45) is -0.923. The minimum absolute atomic E-state index is 0.239. The number of carbonyl (C=O) groups excluding carboxylic acids is 1. The highest BCUT2D eigenvalue weighted by Gasteiger charge is 2.45. The molecule has 0 unspecified atom stereocenters. The molecule has 2 atom stereocenters. The Hall–Kier alpha value is -3.08. The van der Waals surface area contributed by atoms with Gasteiger partial charge in [0.05, 0.1) is 23.5 Å². The van der Waals surface area contributed by atoms with E-state index in [-0.39, 0.29) is 6.61 Å². The van der Waals surface area contributed by atoms with Gasteiger partial charge < -0.3 is 13.9 Å². The third-order valence-electron chi connectivity index (χ3n) is 5.14. The van der Waals surface area contributed by atoms with Crippen LogP contribution in [0.15, 0.2) is 57.7 Å². The smallest absolute Gasteiger partial charge is 0.348 e. The van der Waals surface area contributed by atoms with E-state index in [0.717, 1.165) is 5.56 Å². The van der Waals surface area contributed by atoms with Crippen molar-refractivity contribution < 1.29 is 18.7 Å². The molecule has 0 N–H and O–H groups in total. The van der Waals surface area contributed by atoms with Crippen LogP contribution in [-0.4, -0.2) is 18.7 Å². The molecule has 1 aromatic heterocycles. The Kier molecular flexibility index (Phi) is 4.67. The minimum Gasteiger partial charge on any atom is -0.476 e. The van der Waals surface area contributed by atoms with E-state index in [9.17, 15) is 9.59 Å². The molecule has 4 rings (SSSR count). The van der Waals surface area contributed by atoms with E-state index in [1.165, 1.54) is 5.56 Å². The second kappa shape index (κ2) is 7.15. The summed E-state index contributed by atoms with van der Waals surface area (Å²) in [5.74, 6) is -0.268. The average molecular weight is 378 g/mol. The van der Waals surface area contributed by atoms with Crippen molar-refractivity contribution in [1.29, 1.82) is 0 Å². The van der Waals surface area contributed by atoms with Crippen LogP contribution in [-0.2, 0) is 9.53 Å². The maximum Gasteiger partial charge on any atom is 0.348 e. The molecule has 1 aliphatic heterocycles. The highest BCUT2D eigenvalue weighted by molar-refractivity contribution is 5.88. The Morgan fingerprint density at radius 1 is 1.11 bits per heavy atom. The lowest BCUT2D eigenvalue weighted by molar-refractivity contribution is -0.151. The van der Waals surface area contributed by atoms with Gasteiger partial charge in [-0.2, -0.15) is 0 Å². The number of rotatable bonds is 4. The first-order valence-corrected chi connectivity index (χ1v) is 9.50. The Morgan fingerprint density at radius 2 is 1.82 bits per heavy atom. The van der Waals surface area contributed by atoms with Gasteiger partial charge >= 0.3 is 11.6 Å². The van der Waals surface area contributed by atoms with Gasteiger partial charge in [-0.15, -0.1) is 0 Å². The minimum atomic E-state index is -0.923. The third-order valence-corrected chi connectivity index (χ3v) is 5.14. The van der Waals surface area contributed by atoms with Crippen molar-refractivity contribution in [1.82, 2.24) is 0 Å². The fourth-order valence-corrected chi connectivity index (χ4v) is 3.72. The van der Waals surface area contributed by atoms with Gasteiger partial charge in [0, 0.05) is 0 Å². The molecule has 0 saturated carbocycles. The summed E-state index contributed by atoms with van der Waals surface area (Å²) >= 11 is 0. The van der Waals surface area contributed by atoms with Crippen molar-refractivity contribution in [2.75, 3.05) is 6.61 Å². The number of fused-ring (bicyclic) bond motifs is 3. The summed E-state index contributed by atoms with van der Waals surface area (Å²) < 4.78 is 16.8. The van der Waals surface area contributed by atoms with Gasteiger partial charge in [0.25, 0.3) is 0 Å². The first-order valence-electron chi connectivity index (χ1n) is 9.50. The Balaban J connectivity index is 1.90. The third kappa shape index (κ3) is 2.97. The monoisotopic (exact) mass is 378 g/mol. The van der Waals surface area contributed by atoms with Crippen LogP contribution >= 0.6 is 0 Å². The molecule has 3 aromatic rings. The molecule has 0 bridgehead atoms. The molecular formula is C23H22O5. The molecule has 5 heteroatoms. The van der Waals surface area contributed by atoms with Crippen molar-refractivity contribution in [3.05, 3.63) is 75.6 Å². The topological polar surface area (TPSA) is 65.7 Å². The van der Waals surface area contributed by atoms with Crippen LogP contribution in [0.25, 0.3) is 11.0 Å². The summed E-state index contributed by atoms with van der Waals surface area (Å²) in [7, 11) is 0. The van der Waals surface area contributed by atoms with Gasteiger partial charge in [-0.05, 0) is 36.1 Å². The van der Waals surface area contributed by atoms with Gasteiger partial charge in [-0.1, -0.05) is 50.2 Å². The lowest BCUT2D eigenvalue weighted by Gasteiger charge is -2.18. The molecule has 28 heavy (non-hydrogen) atoms. The molecule has 1 aliphatic rings. The molecule has 5 nitrogen and oxygen atoms in total. The van der Waals surface area contributed by atoms with E-state index in [2.05, 4.69) is 13.8 Å². The maximum absolute atomic E-state index is 12.8. The number of ether oxygens (including phenoxy) is 2. The van der Waals surface area contributed by atoms with Gasteiger partial charge in [0.15, 0.2) is 0 Å². The molecule has 0 spiro atoms. The van der Waals surface area contributed by atoms with E-state index >= 15 is 0 Å². The highest BCUT2D eigenvalue weighted by Crippen LogP contribution is 2.44. The number of hydrogen-bond acceptors (Lipinski definition) is 5. The summed E-state index contributed by atoms with van der Waals surface area (Å²) in [6.45, 7) is 6.22. The number of carbonyl (C=O) groups is 1. The second-order valence-corrected chi connectivity index (χ2v) is 7.22. The van der Waals surface area contributed by atoms with E-state index in [1.54, 1.807) is 19.1 Å². The lowest BCUT2D eigenvalue weighted by Crippen LogP contribution is -2.32. The van der Waals surface area contributed by atoms with Gasteiger partial charge in [0.2, 0.25) is 6.10 Å². The zero-order valence-electron chi connectivity index (χ0n) is 16.1. The lowest BCUT2D eigenvalue weighted by atomic mass is 9.87. The molecule has 2 aromatic carbocycles. The van der Waals surface area contributed by atoms with E-state index in [0.29, 0.717) is 28.2 Å². The zero-order chi connectivity index (χ0) is 19.8. The van der Waals surface area contributed by atoms with Crippen molar-refractivity contribution >= 4 is 16.9 Å². The molecule has 0 amide bonds. The van der Waals surface area contributed by atoms with Crippen molar-refractivity contribution in [3.63, 3.8) is 0 Å². The van der Waals surface area contributed by atoms with Crippen molar-refractivity contribution in [3.8, 4) is 5.75 Å². The molecular weight excluding hydrogens is 356 g/mol. The predicted octanol–water partition coefficient (Wildman–Crippen LogP) is 4.37. The Labute approximate surface area is 162 Å². The van der Waals surface area contributed by atoms with Crippen LogP contribution in [0.4, 0.5) is 0 Å². The number of benzene rings is 2. The fourth-order valence-electron chi connectivity index (χ4n) is 3.72. The largest absolute Gasteiger partial charge is 0.476 e. The molecule has 0 saturated heterocycles. The highest BCUT2D eigenvalue weighted by atomic mass is 16.6. The van der Waals surface area contributed by atoms with Gasteiger partial charge in [-0.25, -0.2) is 9.59 Å². The first-order chi connectivity index (χ1) is 13.5.